The van der Waals surface area contributed by atoms with Gasteiger partial charge in [0.1, 0.15) is 0 Å². The second kappa shape index (κ2) is 7.76. The van der Waals surface area contributed by atoms with Crippen molar-refractivity contribution in [3.05, 3.63) is 56.5 Å². The van der Waals surface area contributed by atoms with Crippen molar-refractivity contribution in [3.63, 3.8) is 0 Å². The van der Waals surface area contributed by atoms with Crippen LogP contribution in [-0.4, -0.2) is 57.6 Å². The Balaban J connectivity index is 1.36. The zero-order valence-electron chi connectivity index (χ0n) is 18.1. The minimum atomic E-state index is -0.147. The summed E-state index contributed by atoms with van der Waals surface area (Å²) in [5.41, 5.74) is 5.25. The molecule has 3 heterocycles. The van der Waals surface area contributed by atoms with Crippen LogP contribution in [0.4, 0.5) is 0 Å². The van der Waals surface area contributed by atoms with Gasteiger partial charge in [0.25, 0.3) is 5.56 Å². The quantitative estimate of drug-likeness (QED) is 0.670. The van der Waals surface area contributed by atoms with Crippen LogP contribution < -0.4 is 10.9 Å². The highest BCUT2D eigenvalue weighted by atomic mass is 16.2. The number of imide groups is 1. The van der Waals surface area contributed by atoms with Gasteiger partial charge in [-0.25, -0.2) is 4.68 Å². The molecule has 1 aliphatic carbocycles. The van der Waals surface area contributed by atoms with Crippen LogP contribution in [0.1, 0.15) is 34.4 Å². The molecule has 2 saturated heterocycles. The number of rotatable bonds is 6. The van der Waals surface area contributed by atoms with Crippen molar-refractivity contribution in [1.82, 2.24) is 24.9 Å². The van der Waals surface area contributed by atoms with E-state index >= 15 is 0 Å². The minimum absolute atomic E-state index is 0.101. The van der Waals surface area contributed by atoms with Crippen LogP contribution in [0.2, 0.25) is 0 Å². The summed E-state index contributed by atoms with van der Waals surface area (Å²) in [4.78, 5) is 40.9. The van der Waals surface area contributed by atoms with Gasteiger partial charge in [0.15, 0.2) is 0 Å². The van der Waals surface area contributed by atoms with Crippen LogP contribution in [0.5, 0.6) is 0 Å². The van der Waals surface area contributed by atoms with E-state index in [1.54, 1.807) is 4.68 Å². The molecule has 2 amide bonds. The van der Waals surface area contributed by atoms with E-state index in [4.69, 9.17) is 0 Å². The number of nitrogens with one attached hydrogen (secondary N) is 2. The van der Waals surface area contributed by atoms with Crippen LogP contribution in [-0.2, 0) is 29.2 Å². The molecule has 0 radical (unpaired) electrons. The topological polar surface area (TPSA) is 90.4 Å². The Hall–Kier alpha value is -2.71. The molecule has 2 atom stereocenters. The van der Waals surface area contributed by atoms with E-state index in [9.17, 15) is 14.4 Å². The summed E-state index contributed by atoms with van der Waals surface area (Å²) in [6.07, 6.45) is 0.689. The van der Waals surface area contributed by atoms with Crippen molar-refractivity contribution in [3.8, 4) is 0 Å². The van der Waals surface area contributed by atoms with Crippen molar-refractivity contribution in [1.29, 1.82) is 0 Å². The van der Waals surface area contributed by atoms with Crippen LogP contribution in [0.15, 0.2) is 23.0 Å². The number of nitrogens with zero attached hydrogens (tertiary/aromatic N) is 3. The lowest BCUT2D eigenvalue weighted by Gasteiger charge is -2.29. The average molecular weight is 424 g/mol. The van der Waals surface area contributed by atoms with Gasteiger partial charge in [-0.2, -0.15) is 0 Å². The first-order chi connectivity index (χ1) is 14.9. The number of piperazine rings is 1. The number of aromatic nitrogens is 2. The monoisotopic (exact) mass is 423 g/mol. The van der Waals surface area contributed by atoms with Crippen LogP contribution in [0, 0.1) is 25.7 Å². The van der Waals surface area contributed by atoms with E-state index in [-0.39, 0.29) is 35.8 Å². The number of likely N-dealkylation sites (tertiary alicyclic amines) is 1. The molecule has 164 valence electrons. The third kappa shape index (κ3) is 3.85. The molecule has 5 rings (SSSR count). The Labute approximate surface area is 181 Å². The fraction of sp³-hybridized carbons (Fsp3) is 0.522. The van der Waals surface area contributed by atoms with Crippen molar-refractivity contribution >= 4 is 11.8 Å². The third-order valence-corrected chi connectivity index (χ3v) is 6.76. The molecule has 0 spiro atoms. The van der Waals surface area contributed by atoms with Gasteiger partial charge in [-0.1, -0.05) is 17.7 Å². The normalized spacial score (nSPS) is 23.5. The maximum atomic E-state index is 12.7. The Morgan fingerprint density at radius 2 is 1.65 bits per heavy atom. The second-order valence-electron chi connectivity index (χ2n) is 9.16. The smallest absolute Gasteiger partial charge is 0.267 e. The maximum Gasteiger partial charge on any atom is 0.267 e. The summed E-state index contributed by atoms with van der Waals surface area (Å²) < 4.78 is 1.58. The lowest BCUT2D eigenvalue weighted by molar-refractivity contribution is -0.142. The number of aromatic amines is 1. The van der Waals surface area contributed by atoms with Gasteiger partial charge in [0, 0.05) is 38.8 Å². The number of hydrogen-bond donors (Lipinski definition) is 2. The molecular formula is C23H29N5O3. The van der Waals surface area contributed by atoms with Crippen molar-refractivity contribution in [2.75, 3.05) is 26.2 Å². The van der Waals surface area contributed by atoms with E-state index in [0.29, 0.717) is 18.7 Å². The van der Waals surface area contributed by atoms with Crippen molar-refractivity contribution in [2.45, 2.75) is 39.9 Å². The van der Waals surface area contributed by atoms with Gasteiger partial charge in [0.2, 0.25) is 11.8 Å². The number of hydrogen-bond acceptors (Lipinski definition) is 5. The molecular weight excluding hydrogens is 394 g/mol. The highest BCUT2D eigenvalue weighted by molar-refractivity contribution is 6.08. The van der Waals surface area contributed by atoms with E-state index < -0.39 is 0 Å². The molecule has 2 N–H and O–H groups in total. The summed E-state index contributed by atoms with van der Waals surface area (Å²) in [7, 11) is 0. The lowest BCUT2D eigenvalue weighted by Crippen LogP contribution is -2.43. The number of piperidine rings is 1. The lowest BCUT2D eigenvalue weighted by atomic mass is 9.98. The molecule has 2 aliphatic heterocycles. The molecule has 2 aromatic rings. The summed E-state index contributed by atoms with van der Waals surface area (Å²) >= 11 is 0. The number of fused-ring (bicyclic) bond motifs is 1. The minimum Gasteiger partial charge on any atom is -0.314 e. The number of amides is 2. The predicted octanol–water partition coefficient (Wildman–Crippen LogP) is 0.752. The fourth-order valence-corrected chi connectivity index (χ4v) is 4.98. The van der Waals surface area contributed by atoms with E-state index in [1.165, 1.54) is 27.7 Å². The molecule has 31 heavy (non-hydrogen) atoms. The SMILES string of the molecule is Cc1cc(C)c(CN2CCNCC2)c(Cn2[nH]c(CN3C(=O)C4CC4C3=O)cc2=O)c1. The zero-order chi connectivity index (χ0) is 21.7. The summed E-state index contributed by atoms with van der Waals surface area (Å²) in [5.74, 6) is -0.444. The largest absolute Gasteiger partial charge is 0.314 e. The van der Waals surface area contributed by atoms with Crippen LogP contribution in [0.25, 0.3) is 0 Å². The number of carbonyl (C=O) groups excluding carboxylic acids is 2. The first-order valence-corrected chi connectivity index (χ1v) is 11.1. The first kappa shape index (κ1) is 20.2. The van der Waals surface area contributed by atoms with Gasteiger partial charge in [-0.05, 0) is 37.0 Å². The molecule has 3 aliphatic rings. The Morgan fingerprint density at radius 1 is 0.935 bits per heavy atom. The van der Waals surface area contributed by atoms with Crippen LogP contribution >= 0.6 is 0 Å². The molecule has 1 aromatic heterocycles. The molecule has 0 bridgehead atoms. The van der Waals surface area contributed by atoms with E-state index in [0.717, 1.165) is 38.3 Å². The average Bonchev–Trinajstić information content (AvgIpc) is 3.41. The molecule has 1 aromatic carbocycles. The summed E-state index contributed by atoms with van der Waals surface area (Å²) in [5, 5.41) is 6.52. The molecule has 8 nitrogen and oxygen atoms in total. The second-order valence-corrected chi connectivity index (χ2v) is 9.16. The van der Waals surface area contributed by atoms with E-state index in [2.05, 4.69) is 41.3 Å². The van der Waals surface area contributed by atoms with Gasteiger partial charge in [0.05, 0.1) is 30.6 Å². The molecule has 1 saturated carbocycles. The van der Waals surface area contributed by atoms with Gasteiger partial charge < -0.3 is 5.32 Å². The van der Waals surface area contributed by atoms with Gasteiger partial charge in [-0.15, -0.1) is 0 Å². The highest BCUT2D eigenvalue weighted by Crippen LogP contribution is 2.47. The van der Waals surface area contributed by atoms with E-state index in [1.807, 2.05) is 0 Å². The highest BCUT2D eigenvalue weighted by Gasteiger charge is 2.58. The Kier molecular flexibility index (Phi) is 5.06. The third-order valence-electron chi connectivity index (χ3n) is 6.76. The molecule has 2 unspecified atom stereocenters. The standard InChI is InChI=1S/C23H29N5O3/c1-14-7-15(2)20(13-26-5-3-24-4-6-26)16(8-14)11-28-21(29)9-17(25-28)12-27-22(30)18-10-19(18)23(27)31/h7-9,18-19,24-25H,3-6,10-13H2,1-2H3. The van der Waals surface area contributed by atoms with Crippen LogP contribution in [0.3, 0.4) is 0 Å². The molecule has 8 heteroatoms. The number of benzene rings is 1. The Bertz CT molecular complexity index is 1080. The number of carbonyl (C=O) groups is 2. The zero-order valence-corrected chi connectivity index (χ0v) is 18.1. The van der Waals surface area contributed by atoms with Gasteiger partial charge in [-0.3, -0.25) is 29.3 Å². The predicted molar refractivity (Wildman–Crippen MR) is 115 cm³/mol. The summed E-state index contributed by atoms with van der Waals surface area (Å²) in [6.45, 7) is 9.67. The number of H-pyrrole nitrogens is 1. The number of aryl methyl sites for hydroxylation is 2. The fourth-order valence-electron chi connectivity index (χ4n) is 4.98. The first-order valence-electron chi connectivity index (χ1n) is 11.1. The summed E-state index contributed by atoms with van der Waals surface area (Å²) in [6, 6.07) is 5.85. The van der Waals surface area contributed by atoms with Crippen molar-refractivity contribution < 1.29 is 9.59 Å². The maximum absolute atomic E-state index is 12.7. The van der Waals surface area contributed by atoms with Gasteiger partial charge >= 0.3 is 0 Å². The molecule has 3 fully saturated rings. The van der Waals surface area contributed by atoms with Crippen molar-refractivity contribution in [2.24, 2.45) is 11.8 Å². The Morgan fingerprint density at radius 3 is 2.35 bits per heavy atom.